The molecule has 0 amide bonds. The lowest BCUT2D eigenvalue weighted by Crippen LogP contribution is -2.30. The van der Waals surface area contributed by atoms with Gasteiger partial charge < -0.3 is 14.2 Å². The van der Waals surface area contributed by atoms with Crippen LogP contribution in [0.15, 0.2) is 97.2 Å². The van der Waals surface area contributed by atoms with Gasteiger partial charge in [-0.25, -0.2) is 0 Å². The molecule has 0 N–H and O–H groups in total. The van der Waals surface area contributed by atoms with Crippen molar-refractivity contribution < 1.29 is 28.6 Å². The van der Waals surface area contributed by atoms with Crippen molar-refractivity contribution in [2.75, 3.05) is 13.2 Å². The van der Waals surface area contributed by atoms with Crippen LogP contribution in [0.25, 0.3) is 0 Å². The van der Waals surface area contributed by atoms with Gasteiger partial charge in [0.05, 0.1) is 0 Å². The minimum atomic E-state index is -0.791. The van der Waals surface area contributed by atoms with Gasteiger partial charge in [-0.3, -0.25) is 14.4 Å². The molecule has 0 fully saturated rings. The van der Waals surface area contributed by atoms with Crippen LogP contribution in [0.4, 0.5) is 0 Å². The van der Waals surface area contributed by atoms with Gasteiger partial charge >= 0.3 is 17.9 Å². The van der Waals surface area contributed by atoms with E-state index in [0.717, 1.165) is 128 Å². The first-order valence-electron chi connectivity index (χ1n) is 28.2. The van der Waals surface area contributed by atoms with Gasteiger partial charge in [-0.05, 0) is 122 Å². The first kappa shape index (κ1) is 64.3. The summed E-state index contributed by atoms with van der Waals surface area (Å²) >= 11 is 0. The Balaban J connectivity index is 4.35. The number of rotatable bonds is 50. The quantitative estimate of drug-likeness (QED) is 0.0262. The Morgan fingerprint density at radius 3 is 0.941 bits per heavy atom. The molecule has 6 nitrogen and oxygen atoms in total. The van der Waals surface area contributed by atoms with E-state index in [1.807, 2.05) is 0 Å². The van der Waals surface area contributed by atoms with E-state index < -0.39 is 6.10 Å². The van der Waals surface area contributed by atoms with Crippen LogP contribution in [0, 0.1) is 0 Å². The van der Waals surface area contributed by atoms with Crippen molar-refractivity contribution in [3.63, 3.8) is 0 Å². The van der Waals surface area contributed by atoms with Crippen LogP contribution in [0.5, 0.6) is 0 Å². The highest BCUT2D eigenvalue weighted by Crippen LogP contribution is 2.14. The van der Waals surface area contributed by atoms with Gasteiger partial charge in [-0.2, -0.15) is 0 Å². The van der Waals surface area contributed by atoms with Gasteiger partial charge in [-0.1, -0.05) is 214 Å². The fraction of sp³-hybridized carbons (Fsp3) is 0.694. The number of carbonyl (C=O) groups excluding carboxylic acids is 3. The number of hydrogen-bond donors (Lipinski definition) is 0. The molecule has 0 spiro atoms. The van der Waals surface area contributed by atoms with E-state index in [4.69, 9.17) is 14.2 Å². The second-order valence-electron chi connectivity index (χ2n) is 18.5. The molecule has 0 aromatic carbocycles. The number of hydrogen-bond acceptors (Lipinski definition) is 6. The molecule has 0 saturated heterocycles. The van der Waals surface area contributed by atoms with Crippen molar-refractivity contribution in [2.45, 2.75) is 264 Å². The molecule has 0 aliphatic rings. The van der Waals surface area contributed by atoms with Crippen LogP contribution in [-0.2, 0) is 28.6 Å². The summed E-state index contributed by atoms with van der Waals surface area (Å²) in [5.74, 6) is -0.922. The minimum absolute atomic E-state index is 0.0901. The van der Waals surface area contributed by atoms with Gasteiger partial charge in [-0.15, -0.1) is 0 Å². The highest BCUT2D eigenvalue weighted by atomic mass is 16.6. The molecule has 68 heavy (non-hydrogen) atoms. The first-order valence-corrected chi connectivity index (χ1v) is 28.2. The molecule has 0 aliphatic heterocycles. The average Bonchev–Trinajstić information content (AvgIpc) is 3.34. The number of unbranched alkanes of at least 4 members (excludes halogenated alkanes) is 23. The molecule has 0 radical (unpaired) electrons. The maximum Gasteiger partial charge on any atom is 0.306 e. The van der Waals surface area contributed by atoms with E-state index in [1.54, 1.807) is 0 Å². The lowest BCUT2D eigenvalue weighted by Gasteiger charge is -2.18. The Labute approximate surface area is 419 Å². The number of ether oxygens (including phenoxy) is 3. The van der Waals surface area contributed by atoms with E-state index >= 15 is 0 Å². The highest BCUT2D eigenvalue weighted by molar-refractivity contribution is 5.71. The summed E-state index contributed by atoms with van der Waals surface area (Å²) in [6, 6.07) is 0. The molecule has 0 saturated carbocycles. The van der Waals surface area contributed by atoms with Gasteiger partial charge in [0.2, 0.25) is 0 Å². The summed E-state index contributed by atoms with van der Waals surface area (Å²) in [7, 11) is 0. The van der Waals surface area contributed by atoms with E-state index in [1.165, 1.54) is 89.9 Å². The lowest BCUT2D eigenvalue weighted by atomic mass is 10.1. The third-order valence-corrected chi connectivity index (χ3v) is 11.8. The van der Waals surface area contributed by atoms with E-state index in [-0.39, 0.29) is 31.1 Å². The van der Waals surface area contributed by atoms with E-state index in [2.05, 4.69) is 118 Å². The summed E-state index contributed by atoms with van der Waals surface area (Å²) in [5.41, 5.74) is 0. The molecule has 0 aromatic rings. The van der Waals surface area contributed by atoms with Crippen LogP contribution in [0.1, 0.15) is 258 Å². The minimum Gasteiger partial charge on any atom is -0.462 e. The van der Waals surface area contributed by atoms with E-state index in [0.29, 0.717) is 19.3 Å². The Bertz CT molecular complexity index is 1360. The van der Waals surface area contributed by atoms with Crippen LogP contribution in [0.2, 0.25) is 0 Å². The van der Waals surface area contributed by atoms with Gasteiger partial charge in [0.1, 0.15) is 13.2 Å². The summed E-state index contributed by atoms with van der Waals surface area (Å²) in [4.78, 5) is 38.1. The van der Waals surface area contributed by atoms with Crippen molar-refractivity contribution in [1.82, 2.24) is 0 Å². The molecule has 0 aromatic heterocycles. The van der Waals surface area contributed by atoms with Crippen molar-refractivity contribution >= 4 is 17.9 Å². The lowest BCUT2D eigenvalue weighted by molar-refractivity contribution is -0.167. The Kier molecular flexibility index (Phi) is 52.9. The molecule has 0 bridgehead atoms. The fourth-order valence-corrected chi connectivity index (χ4v) is 7.55. The molecular formula is C62H104O6. The molecule has 0 rings (SSSR count). The summed E-state index contributed by atoms with van der Waals surface area (Å²) in [6.07, 6.45) is 73.9. The summed E-state index contributed by atoms with van der Waals surface area (Å²) in [5, 5.41) is 0. The van der Waals surface area contributed by atoms with Crippen LogP contribution in [0.3, 0.4) is 0 Å². The Morgan fingerprint density at radius 1 is 0.309 bits per heavy atom. The van der Waals surface area contributed by atoms with Crippen LogP contribution < -0.4 is 0 Å². The third-order valence-electron chi connectivity index (χ3n) is 11.8. The maximum absolute atomic E-state index is 12.8. The van der Waals surface area contributed by atoms with Crippen molar-refractivity contribution in [2.24, 2.45) is 0 Å². The zero-order valence-electron chi connectivity index (χ0n) is 44.3. The smallest absolute Gasteiger partial charge is 0.306 e. The number of esters is 3. The van der Waals surface area contributed by atoms with Crippen molar-refractivity contribution in [3.8, 4) is 0 Å². The van der Waals surface area contributed by atoms with Gasteiger partial charge in [0.25, 0.3) is 0 Å². The Hall–Kier alpha value is -3.67. The van der Waals surface area contributed by atoms with Gasteiger partial charge in [0, 0.05) is 19.3 Å². The largest absolute Gasteiger partial charge is 0.462 e. The maximum atomic E-state index is 12.8. The Morgan fingerprint density at radius 2 is 0.574 bits per heavy atom. The van der Waals surface area contributed by atoms with Crippen LogP contribution >= 0.6 is 0 Å². The van der Waals surface area contributed by atoms with Crippen LogP contribution in [-0.4, -0.2) is 37.2 Å². The topological polar surface area (TPSA) is 78.9 Å². The third kappa shape index (κ3) is 53.3. The summed E-state index contributed by atoms with van der Waals surface area (Å²) < 4.78 is 16.8. The normalized spacial score (nSPS) is 12.8. The molecule has 1 atom stereocenters. The predicted octanol–water partition coefficient (Wildman–Crippen LogP) is 18.9. The zero-order valence-corrected chi connectivity index (χ0v) is 44.3. The molecule has 388 valence electrons. The summed E-state index contributed by atoms with van der Waals surface area (Å²) in [6.45, 7) is 6.46. The fourth-order valence-electron chi connectivity index (χ4n) is 7.55. The molecular weight excluding hydrogens is 841 g/mol. The predicted molar refractivity (Wildman–Crippen MR) is 293 cm³/mol. The van der Waals surface area contributed by atoms with Crippen molar-refractivity contribution in [3.05, 3.63) is 97.2 Å². The monoisotopic (exact) mass is 945 g/mol. The number of carbonyl (C=O) groups is 3. The molecule has 0 heterocycles. The standard InChI is InChI=1S/C62H104O6/c1-4-7-10-13-16-19-22-25-26-27-28-29-30-31-32-33-34-35-36-38-40-43-46-49-52-55-61(64)67-58-59(57-66-60(63)54-51-48-45-42-39-24-21-18-15-12-9-6-3)68-62(65)56-53-50-47-44-41-37-23-20-17-14-11-8-5-2/h7,10,16,18-21,23,25-26,28-29,31-32,34-35,59H,4-6,8-9,11-15,17,22,24,27,30,33,36-58H2,1-3H3/b10-7-,19-16-,21-18-,23-20-,26-25-,29-28-,32-31-,35-34-. The SMILES string of the molecule is CC/C=C\C/C=C\C/C=C\C/C=C\C/C=C\C/C=C\CCCCCCCCC(=O)OCC(COC(=O)CCCCCCC/C=C\CCCCC)OC(=O)CCCCCCC/C=C\CCCCCC. The highest BCUT2D eigenvalue weighted by Gasteiger charge is 2.19. The van der Waals surface area contributed by atoms with Crippen molar-refractivity contribution in [1.29, 1.82) is 0 Å². The van der Waals surface area contributed by atoms with Gasteiger partial charge in [0.15, 0.2) is 6.10 Å². The molecule has 6 heteroatoms. The first-order chi connectivity index (χ1) is 33.5. The molecule has 1 unspecified atom stereocenters. The molecule has 0 aliphatic carbocycles. The second kappa shape index (κ2) is 55.9. The average molecular weight is 946 g/mol. The van der Waals surface area contributed by atoms with E-state index in [9.17, 15) is 14.4 Å². The zero-order chi connectivity index (χ0) is 49.3. The second-order valence-corrected chi connectivity index (χ2v) is 18.5. The number of allylic oxidation sites excluding steroid dienone is 16.